The van der Waals surface area contributed by atoms with E-state index in [0.717, 1.165) is 31.3 Å². The van der Waals surface area contributed by atoms with Crippen molar-refractivity contribution in [1.82, 2.24) is 4.90 Å². The Hall–Kier alpha value is -0.260. The van der Waals surface area contributed by atoms with Crippen LogP contribution in [-0.4, -0.2) is 35.4 Å². The van der Waals surface area contributed by atoms with Crippen molar-refractivity contribution in [3.05, 3.63) is 0 Å². The van der Waals surface area contributed by atoms with Crippen LogP contribution >= 0.6 is 15.9 Å². The highest BCUT2D eigenvalue weighted by Gasteiger charge is 2.43. The summed E-state index contributed by atoms with van der Waals surface area (Å²) in [6.45, 7) is 1.52. The lowest BCUT2D eigenvalue weighted by Gasteiger charge is -2.36. The average molecular weight is 356 g/mol. The zero-order chi connectivity index (χ0) is 14.8. The molecule has 0 spiro atoms. The SMILES string of the molecule is O=C(C1CCC(C(F)(F)F)CC1)N1CCCC(CBr)C1. The van der Waals surface area contributed by atoms with Gasteiger partial charge in [0.05, 0.1) is 5.92 Å². The third-order valence-corrected chi connectivity index (χ3v) is 5.50. The fraction of sp³-hybridized carbons (Fsp3) is 0.929. The lowest BCUT2D eigenvalue weighted by Crippen LogP contribution is -2.44. The number of carbonyl (C=O) groups is 1. The number of piperidine rings is 1. The zero-order valence-electron chi connectivity index (χ0n) is 11.5. The van der Waals surface area contributed by atoms with Crippen molar-refractivity contribution in [2.75, 3.05) is 18.4 Å². The first-order valence-electron chi connectivity index (χ1n) is 7.33. The summed E-state index contributed by atoms with van der Waals surface area (Å²) in [4.78, 5) is 14.3. The van der Waals surface area contributed by atoms with Crippen molar-refractivity contribution < 1.29 is 18.0 Å². The molecular formula is C14H21BrF3NO. The van der Waals surface area contributed by atoms with E-state index in [4.69, 9.17) is 0 Å². The van der Waals surface area contributed by atoms with Gasteiger partial charge in [-0.1, -0.05) is 15.9 Å². The Balaban J connectivity index is 1.85. The number of carbonyl (C=O) groups excluding carboxylic acids is 1. The quantitative estimate of drug-likeness (QED) is 0.686. The zero-order valence-corrected chi connectivity index (χ0v) is 13.0. The molecule has 1 aliphatic heterocycles. The summed E-state index contributed by atoms with van der Waals surface area (Å²) >= 11 is 3.45. The van der Waals surface area contributed by atoms with E-state index < -0.39 is 12.1 Å². The molecule has 2 nitrogen and oxygen atoms in total. The van der Waals surface area contributed by atoms with Gasteiger partial charge in [-0.05, 0) is 44.4 Å². The van der Waals surface area contributed by atoms with E-state index in [1.165, 1.54) is 0 Å². The van der Waals surface area contributed by atoms with Crippen LogP contribution in [0.2, 0.25) is 0 Å². The van der Waals surface area contributed by atoms with E-state index in [9.17, 15) is 18.0 Å². The summed E-state index contributed by atoms with van der Waals surface area (Å²) in [5.41, 5.74) is 0. The molecule has 0 aromatic carbocycles. The van der Waals surface area contributed by atoms with E-state index >= 15 is 0 Å². The lowest BCUT2D eigenvalue weighted by atomic mass is 9.80. The van der Waals surface area contributed by atoms with Gasteiger partial charge in [0, 0.05) is 24.3 Å². The van der Waals surface area contributed by atoms with Gasteiger partial charge in [0.2, 0.25) is 5.91 Å². The van der Waals surface area contributed by atoms with Crippen LogP contribution in [0, 0.1) is 17.8 Å². The van der Waals surface area contributed by atoms with Crippen molar-refractivity contribution >= 4 is 21.8 Å². The second-order valence-corrected chi connectivity index (χ2v) is 6.68. The van der Waals surface area contributed by atoms with Gasteiger partial charge in [0.25, 0.3) is 0 Å². The van der Waals surface area contributed by atoms with Crippen LogP contribution in [0.25, 0.3) is 0 Å². The molecule has 0 radical (unpaired) electrons. The highest BCUT2D eigenvalue weighted by molar-refractivity contribution is 9.09. The lowest BCUT2D eigenvalue weighted by molar-refractivity contribution is -0.185. The molecule has 1 atom stereocenters. The minimum Gasteiger partial charge on any atom is -0.342 e. The van der Waals surface area contributed by atoms with Crippen LogP contribution in [0.15, 0.2) is 0 Å². The van der Waals surface area contributed by atoms with Gasteiger partial charge in [-0.15, -0.1) is 0 Å². The maximum atomic E-state index is 12.6. The predicted octanol–water partition coefficient (Wildman–Crippen LogP) is 3.99. The third-order valence-electron chi connectivity index (χ3n) is 4.59. The van der Waals surface area contributed by atoms with Gasteiger partial charge in [-0.25, -0.2) is 0 Å². The number of nitrogens with zero attached hydrogens (tertiary/aromatic N) is 1. The summed E-state index contributed by atoms with van der Waals surface area (Å²) in [6.07, 6.45) is -0.988. The number of hydrogen-bond donors (Lipinski definition) is 0. The molecule has 2 fully saturated rings. The van der Waals surface area contributed by atoms with Crippen LogP contribution in [-0.2, 0) is 4.79 Å². The molecule has 1 saturated heterocycles. The van der Waals surface area contributed by atoms with Crippen LogP contribution in [0.5, 0.6) is 0 Å². The van der Waals surface area contributed by atoms with Crippen molar-refractivity contribution in [2.45, 2.75) is 44.7 Å². The summed E-state index contributed by atoms with van der Waals surface area (Å²) in [5.74, 6) is -0.832. The summed E-state index contributed by atoms with van der Waals surface area (Å²) < 4.78 is 37.9. The molecule has 2 rings (SSSR count). The fourth-order valence-electron chi connectivity index (χ4n) is 3.32. The molecule has 1 amide bonds. The molecule has 0 N–H and O–H groups in total. The molecule has 116 valence electrons. The molecule has 1 heterocycles. The number of likely N-dealkylation sites (tertiary alicyclic amines) is 1. The molecule has 2 aliphatic rings. The van der Waals surface area contributed by atoms with Crippen LogP contribution in [0.4, 0.5) is 13.2 Å². The van der Waals surface area contributed by atoms with Crippen molar-refractivity contribution in [3.8, 4) is 0 Å². The Morgan fingerprint density at radius 3 is 2.35 bits per heavy atom. The van der Waals surface area contributed by atoms with E-state index in [2.05, 4.69) is 15.9 Å². The average Bonchev–Trinajstić information content (AvgIpc) is 2.46. The van der Waals surface area contributed by atoms with Gasteiger partial charge in [-0.2, -0.15) is 13.2 Å². The molecule has 0 aromatic heterocycles. The summed E-state index contributed by atoms with van der Waals surface area (Å²) in [6, 6.07) is 0. The molecule has 0 aromatic rings. The summed E-state index contributed by atoms with van der Waals surface area (Å²) in [7, 11) is 0. The number of hydrogen-bond acceptors (Lipinski definition) is 1. The highest BCUT2D eigenvalue weighted by atomic mass is 79.9. The Labute approximate surface area is 126 Å². The number of alkyl halides is 4. The van der Waals surface area contributed by atoms with Crippen LogP contribution < -0.4 is 0 Å². The van der Waals surface area contributed by atoms with E-state index in [0.29, 0.717) is 18.8 Å². The molecule has 20 heavy (non-hydrogen) atoms. The van der Waals surface area contributed by atoms with E-state index in [-0.39, 0.29) is 24.7 Å². The molecule has 1 aliphatic carbocycles. The van der Waals surface area contributed by atoms with Crippen molar-refractivity contribution in [1.29, 1.82) is 0 Å². The largest absolute Gasteiger partial charge is 0.391 e. The first kappa shape index (κ1) is 16.1. The van der Waals surface area contributed by atoms with Gasteiger partial charge in [0.1, 0.15) is 0 Å². The maximum Gasteiger partial charge on any atom is 0.391 e. The molecular weight excluding hydrogens is 335 g/mol. The van der Waals surface area contributed by atoms with Crippen LogP contribution in [0.3, 0.4) is 0 Å². The third kappa shape index (κ3) is 3.89. The van der Waals surface area contributed by atoms with Gasteiger partial charge in [-0.3, -0.25) is 4.79 Å². The molecule has 1 saturated carbocycles. The van der Waals surface area contributed by atoms with Gasteiger partial charge < -0.3 is 4.90 Å². The number of amides is 1. The molecule has 6 heteroatoms. The second-order valence-electron chi connectivity index (χ2n) is 6.04. The Morgan fingerprint density at radius 1 is 1.15 bits per heavy atom. The van der Waals surface area contributed by atoms with Gasteiger partial charge in [0.15, 0.2) is 0 Å². The standard InChI is InChI=1S/C14H21BrF3NO/c15-8-10-2-1-7-19(9-10)13(20)11-3-5-12(6-4-11)14(16,17)18/h10-12H,1-9H2. The topological polar surface area (TPSA) is 20.3 Å². The smallest absolute Gasteiger partial charge is 0.342 e. The van der Waals surface area contributed by atoms with Crippen molar-refractivity contribution in [2.24, 2.45) is 17.8 Å². The Kier molecular flexibility index (Phi) is 5.37. The van der Waals surface area contributed by atoms with E-state index in [1.807, 2.05) is 4.90 Å². The molecule has 1 unspecified atom stereocenters. The predicted molar refractivity (Wildman–Crippen MR) is 74.6 cm³/mol. The first-order chi connectivity index (χ1) is 9.41. The molecule has 0 bridgehead atoms. The minimum atomic E-state index is -4.10. The Morgan fingerprint density at radius 2 is 1.80 bits per heavy atom. The van der Waals surface area contributed by atoms with E-state index in [1.54, 1.807) is 0 Å². The fourth-order valence-corrected chi connectivity index (χ4v) is 3.85. The number of halogens is 4. The monoisotopic (exact) mass is 355 g/mol. The van der Waals surface area contributed by atoms with Crippen molar-refractivity contribution in [3.63, 3.8) is 0 Å². The normalized spacial score (nSPS) is 32.2. The van der Waals surface area contributed by atoms with Gasteiger partial charge >= 0.3 is 6.18 Å². The minimum absolute atomic E-state index is 0.0799. The number of rotatable bonds is 2. The maximum absolute atomic E-state index is 12.6. The van der Waals surface area contributed by atoms with Crippen LogP contribution in [0.1, 0.15) is 38.5 Å². The first-order valence-corrected chi connectivity index (χ1v) is 8.45. The Bertz CT molecular complexity index is 340. The second kappa shape index (κ2) is 6.67. The highest BCUT2D eigenvalue weighted by Crippen LogP contribution is 2.40. The summed E-state index contributed by atoms with van der Waals surface area (Å²) in [5, 5.41) is 0.887.